The minimum Gasteiger partial charge on any atom is -0.506 e. The molecule has 4 N–H and O–H groups in total. The number of phenolic OH excluding ortho intramolecular Hbond substituents is 1. The lowest BCUT2D eigenvalue weighted by Gasteiger charge is -2.09. The summed E-state index contributed by atoms with van der Waals surface area (Å²) in [5.41, 5.74) is 5.99. The molecule has 86 valence electrons. The van der Waals surface area contributed by atoms with Crippen molar-refractivity contribution in [2.45, 2.75) is 19.9 Å². The zero-order chi connectivity index (χ0) is 12.3. The number of nitrogens with two attached hydrogens (primary N) is 1. The summed E-state index contributed by atoms with van der Waals surface area (Å²) in [4.78, 5) is 22.3. The van der Waals surface area contributed by atoms with Crippen LogP contribution in [0.1, 0.15) is 24.2 Å². The molecule has 0 radical (unpaired) electrons. The van der Waals surface area contributed by atoms with Crippen molar-refractivity contribution in [2.75, 3.05) is 5.32 Å². The van der Waals surface area contributed by atoms with Crippen LogP contribution in [0.5, 0.6) is 5.75 Å². The molecule has 0 aliphatic rings. The Morgan fingerprint density at radius 3 is 2.50 bits per heavy atom. The Bertz CT molecular complexity index is 427. The van der Waals surface area contributed by atoms with Gasteiger partial charge in [0.25, 0.3) is 0 Å². The fraction of sp³-hybridized carbons (Fsp3) is 0.273. The van der Waals surface area contributed by atoms with Crippen molar-refractivity contribution in [2.24, 2.45) is 5.73 Å². The van der Waals surface area contributed by atoms with E-state index in [2.05, 4.69) is 5.32 Å². The summed E-state index contributed by atoms with van der Waals surface area (Å²) in [7, 11) is 0. The quantitative estimate of drug-likeness (QED) is 0.523. The SMILES string of the molecule is CC(=O)c1ccc(NC(=O)C(C)N)c(O)c1. The molecule has 0 aliphatic heterocycles. The van der Waals surface area contributed by atoms with E-state index in [1.165, 1.54) is 32.0 Å². The number of nitrogens with one attached hydrogen (secondary N) is 1. The maximum atomic E-state index is 11.3. The molecular weight excluding hydrogens is 208 g/mol. The van der Waals surface area contributed by atoms with Crippen LogP contribution in [-0.4, -0.2) is 22.8 Å². The van der Waals surface area contributed by atoms with Gasteiger partial charge in [-0.3, -0.25) is 9.59 Å². The zero-order valence-corrected chi connectivity index (χ0v) is 9.15. The number of rotatable bonds is 3. The summed E-state index contributed by atoms with van der Waals surface area (Å²) in [5, 5.41) is 12.0. The molecule has 0 spiro atoms. The normalized spacial score (nSPS) is 11.9. The standard InChI is InChI=1S/C11H14N2O3/c1-6(12)11(16)13-9-4-3-8(7(2)14)5-10(9)15/h3-6,15H,12H2,1-2H3,(H,13,16). The minimum absolute atomic E-state index is 0.151. The van der Waals surface area contributed by atoms with Crippen molar-refractivity contribution < 1.29 is 14.7 Å². The molecule has 16 heavy (non-hydrogen) atoms. The van der Waals surface area contributed by atoms with E-state index in [4.69, 9.17) is 5.73 Å². The van der Waals surface area contributed by atoms with Gasteiger partial charge in [-0.1, -0.05) is 0 Å². The summed E-state index contributed by atoms with van der Waals surface area (Å²) in [5.74, 6) is -0.701. The van der Waals surface area contributed by atoms with Crippen LogP contribution >= 0.6 is 0 Å². The summed E-state index contributed by atoms with van der Waals surface area (Å²) in [6, 6.07) is 3.64. The Kier molecular flexibility index (Phi) is 3.63. The van der Waals surface area contributed by atoms with Gasteiger partial charge in [0.1, 0.15) is 5.75 Å². The van der Waals surface area contributed by atoms with Gasteiger partial charge < -0.3 is 16.2 Å². The van der Waals surface area contributed by atoms with Crippen molar-refractivity contribution >= 4 is 17.4 Å². The highest BCUT2D eigenvalue weighted by Gasteiger charge is 2.11. The van der Waals surface area contributed by atoms with E-state index in [1.54, 1.807) is 0 Å². The fourth-order valence-electron chi connectivity index (χ4n) is 1.10. The first-order chi connectivity index (χ1) is 7.41. The molecule has 0 aromatic heterocycles. The van der Waals surface area contributed by atoms with Gasteiger partial charge in [0.2, 0.25) is 5.91 Å². The monoisotopic (exact) mass is 222 g/mol. The van der Waals surface area contributed by atoms with Crippen LogP contribution in [0.3, 0.4) is 0 Å². The highest BCUT2D eigenvalue weighted by molar-refractivity contribution is 5.98. The van der Waals surface area contributed by atoms with E-state index in [1.807, 2.05) is 0 Å². The average molecular weight is 222 g/mol. The first-order valence-corrected chi connectivity index (χ1v) is 4.82. The number of hydrogen-bond acceptors (Lipinski definition) is 4. The number of carbonyl (C=O) groups is 2. The van der Waals surface area contributed by atoms with E-state index in [0.717, 1.165) is 0 Å². The number of carbonyl (C=O) groups excluding carboxylic acids is 2. The van der Waals surface area contributed by atoms with Crippen molar-refractivity contribution in [3.05, 3.63) is 23.8 Å². The Balaban J connectivity index is 2.91. The maximum absolute atomic E-state index is 11.3. The van der Waals surface area contributed by atoms with Crippen molar-refractivity contribution in [1.82, 2.24) is 0 Å². The Labute approximate surface area is 93.3 Å². The highest BCUT2D eigenvalue weighted by Crippen LogP contribution is 2.24. The molecule has 0 heterocycles. The van der Waals surface area contributed by atoms with Crippen LogP contribution in [-0.2, 0) is 4.79 Å². The van der Waals surface area contributed by atoms with E-state index >= 15 is 0 Å². The molecule has 1 aromatic rings. The largest absolute Gasteiger partial charge is 0.506 e. The predicted molar refractivity (Wildman–Crippen MR) is 60.4 cm³/mol. The van der Waals surface area contributed by atoms with Gasteiger partial charge in [0.05, 0.1) is 11.7 Å². The third-order valence-corrected chi connectivity index (χ3v) is 2.08. The second-order valence-electron chi connectivity index (χ2n) is 3.57. The van der Waals surface area contributed by atoms with E-state index in [0.29, 0.717) is 5.56 Å². The number of benzene rings is 1. The van der Waals surface area contributed by atoms with E-state index in [9.17, 15) is 14.7 Å². The van der Waals surface area contributed by atoms with Gasteiger partial charge in [-0.15, -0.1) is 0 Å². The lowest BCUT2D eigenvalue weighted by Crippen LogP contribution is -2.32. The summed E-state index contributed by atoms with van der Waals surface area (Å²) < 4.78 is 0. The number of phenols is 1. The number of anilines is 1. The molecule has 0 saturated carbocycles. The van der Waals surface area contributed by atoms with Crippen molar-refractivity contribution in [1.29, 1.82) is 0 Å². The van der Waals surface area contributed by atoms with Gasteiger partial charge in [-0.2, -0.15) is 0 Å². The average Bonchev–Trinajstić information content (AvgIpc) is 2.20. The van der Waals surface area contributed by atoms with Crippen LogP contribution < -0.4 is 11.1 Å². The number of hydrogen-bond donors (Lipinski definition) is 3. The second kappa shape index (κ2) is 4.76. The van der Waals surface area contributed by atoms with Gasteiger partial charge in [-0.05, 0) is 32.0 Å². The topological polar surface area (TPSA) is 92.4 Å². The minimum atomic E-state index is -0.660. The molecular formula is C11H14N2O3. The highest BCUT2D eigenvalue weighted by atomic mass is 16.3. The van der Waals surface area contributed by atoms with E-state index in [-0.39, 0.29) is 17.2 Å². The van der Waals surface area contributed by atoms with Gasteiger partial charge >= 0.3 is 0 Å². The Morgan fingerprint density at radius 2 is 2.06 bits per heavy atom. The third kappa shape index (κ3) is 2.80. The Morgan fingerprint density at radius 1 is 1.44 bits per heavy atom. The van der Waals surface area contributed by atoms with Crippen LogP contribution in [0.4, 0.5) is 5.69 Å². The zero-order valence-electron chi connectivity index (χ0n) is 9.15. The van der Waals surface area contributed by atoms with Gasteiger partial charge in [-0.25, -0.2) is 0 Å². The third-order valence-electron chi connectivity index (χ3n) is 2.08. The lowest BCUT2D eigenvalue weighted by atomic mass is 10.1. The molecule has 5 nitrogen and oxygen atoms in total. The first-order valence-electron chi connectivity index (χ1n) is 4.82. The number of amides is 1. The van der Waals surface area contributed by atoms with Crippen LogP contribution in [0.2, 0.25) is 0 Å². The van der Waals surface area contributed by atoms with Gasteiger partial charge in [0, 0.05) is 5.56 Å². The molecule has 1 amide bonds. The smallest absolute Gasteiger partial charge is 0.241 e. The molecule has 0 fully saturated rings. The summed E-state index contributed by atoms with van der Waals surface area (Å²) in [6.07, 6.45) is 0. The predicted octanol–water partition coefficient (Wildman–Crippen LogP) is 0.881. The van der Waals surface area contributed by atoms with Crippen molar-refractivity contribution in [3.8, 4) is 5.75 Å². The second-order valence-corrected chi connectivity index (χ2v) is 3.57. The number of aromatic hydroxyl groups is 1. The number of ketones is 1. The number of Topliss-reactive ketones (excluding diaryl/α,β-unsaturated/α-hetero) is 1. The van der Waals surface area contributed by atoms with Gasteiger partial charge in [0.15, 0.2) is 5.78 Å². The summed E-state index contributed by atoms with van der Waals surface area (Å²) in [6.45, 7) is 2.94. The molecule has 1 atom stereocenters. The van der Waals surface area contributed by atoms with Crippen LogP contribution in [0, 0.1) is 0 Å². The molecule has 1 rings (SSSR count). The lowest BCUT2D eigenvalue weighted by molar-refractivity contribution is -0.117. The molecule has 0 saturated heterocycles. The molecule has 1 unspecified atom stereocenters. The molecule has 0 aliphatic carbocycles. The Hall–Kier alpha value is -1.88. The first kappa shape index (κ1) is 12.2. The summed E-state index contributed by atoms with van der Waals surface area (Å²) >= 11 is 0. The van der Waals surface area contributed by atoms with Crippen molar-refractivity contribution in [3.63, 3.8) is 0 Å². The fourth-order valence-corrected chi connectivity index (χ4v) is 1.10. The molecule has 1 aromatic carbocycles. The maximum Gasteiger partial charge on any atom is 0.241 e. The molecule has 5 heteroatoms. The van der Waals surface area contributed by atoms with Crippen LogP contribution in [0.15, 0.2) is 18.2 Å². The van der Waals surface area contributed by atoms with Crippen LogP contribution in [0.25, 0.3) is 0 Å². The molecule has 0 bridgehead atoms. The van der Waals surface area contributed by atoms with E-state index < -0.39 is 11.9 Å².